The van der Waals surface area contributed by atoms with E-state index in [0.29, 0.717) is 5.03 Å². The standard InChI is InChI=1S/C15H14Cl2N.C3H6.Zr/c1-2-7-18-9-11(10-5-3-4-6-10)14-13(18)8-12(16)15(14)17;1-3-2;/h3-5,8,14H,2,6-7H2,1H3;1-2H3;. The van der Waals surface area contributed by atoms with Gasteiger partial charge in [-0.15, -0.1) is 0 Å². The van der Waals surface area contributed by atoms with Gasteiger partial charge in [0.1, 0.15) is 0 Å². The van der Waals surface area contributed by atoms with Crippen molar-refractivity contribution in [3.05, 3.63) is 54.6 Å². The molecule has 3 rings (SSSR count). The Morgan fingerprint density at radius 2 is 2.14 bits per heavy atom. The zero-order chi connectivity index (χ0) is 15.9. The first-order chi connectivity index (χ1) is 10.5. The van der Waals surface area contributed by atoms with Gasteiger partial charge in [-0.25, -0.2) is 0 Å². The fourth-order valence-electron chi connectivity index (χ4n) is 3.29. The van der Waals surface area contributed by atoms with Crippen LogP contribution in [0.25, 0.3) is 0 Å². The van der Waals surface area contributed by atoms with E-state index < -0.39 is 22.8 Å². The van der Waals surface area contributed by atoms with E-state index in [1.807, 2.05) is 0 Å². The van der Waals surface area contributed by atoms with Gasteiger partial charge in [0.2, 0.25) is 0 Å². The Morgan fingerprint density at radius 1 is 1.36 bits per heavy atom. The second-order valence-electron chi connectivity index (χ2n) is 6.06. The van der Waals surface area contributed by atoms with Crippen LogP contribution in [0.15, 0.2) is 54.6 Å². The van der Waals surface area contributed by atoms with Crippen LogP contribution in [0, 0.1) is 5.92 Å². The molecule has 4 heteroatoms. The van der Waals surface area contributed by atoms with Crippen LogP contribution in [0.3, 0.4) is 0 Å². The Morgan fingerprint density at radius 3 is 2.73 bits per heavy atom. The van der Waals surface area contributed by atoms with Crippen LogP contribution in [0.1, 0.15) is 33.6 Å². The fourth-order valence-corrected chi connectivity index (χ4v) is 6.95. The summed E-state index contributed by atoms with van der Waals surface area (Å²) >= 11 is 12.2. The summed E-state index contributed by atoms with van der Waals surface area (Å²) in [6.07, 6.45) is 10.9. The monoisotopic (exact) mass is 410 g/mol. The van der Waals surface area contributed by atoms with Crippen LogP contribution in [0.5, 0.6) is 0 Å². The van der Waals surface area contributed by atoms with Gasteiger partial charge in [0.15, 0.2) is 0 Å². The first-order valence-electron chi connectivity index (χ1n) is 7.76. The molecule has 0 aromatic heterocycles. The average Bonchev–Trinajstić information content (AvgIpc) is 3.13. The topological polar surface area (TPSA) is 3.24 Å². The summed E-state index contributed by atoms with van der Waals surface area (Å²) in [5.41, 5.74) is 4.19. The van der Waals surface area contributed by atoms with E-state index in [1.54, 1.807) is 6.61 Å². The van der Waals surface area contributed by atoms with Gasteiger partial charge in [0.25, 0.3) is 0 Å². The van der Waals surface area contributed by atoms with Crippen molar-refractivity contribution >= 4 is 26.4 Å². The molecule has 2 aliphatic carbocycles. The van der Waals surface area contributed by atoms with E-state index in [0.717, 1.165) is 24.4 Å². The maximum absolute atomic E-state index is 6.60. The molecule has 0 spiro atoms. The van der Waals surface area contributed by atoms with Crippen LogP contribution in [0.4, 0.5) is 0 Å². The predicted octanol–water partition coefficient (Wildman–Crippen LogP) is 5.31. The minimum absolute atomic E-state index is 0.183. The van der Waals surface area contributed by atoms with Crippen LogP contribution >= 0.6 is 23.2 Å². The van der Waals surface area contributed by atoms with Gasteiger partial charge in [-0.3, -0.25) is 0 Å². The Labute approximate surface area is 154 Å². The molecule has 0 aromatic rings. The van der Waals surface area contributed by atoms with Gasteiger partial charge in [0.05, 0.1) is 0 Å². The molecule has 22 heavy (non-hydrogen) atoms. The van der Waals surface area contributed by atoms with Crippen molar-refractivity contribution in [2.45, 2.75) is 33.6 Å². The number of rotatable bonds is 4. The molecule has 115 valence electrons. The molecule has 0 radical (unpaired) electrons. The van der Waals surface area contributed by atoms with Crippen LogP contribution in [0.2, 0.25) is 0 Å². The van der Waals surface area contributed by atoms with Crippen molar-refractivity contribution in [1.82, 2.24) is 4.90 Å². The first kappa shape index (κ1) is 16.7. The van der Waals surface area contributed by atoms with E-state index in [9.17, 15) is 0 Å². The van der Waals surface area contributed by atoms with Crippen LogP contribution in [-0.2, 0) is 22.8 Å². The Kier molecular flexibility index (Phi) is 5.12. The van der Waals surface area contributed by atoms with Gasteiger partial charge in [-0.2, -0.15) is 0 Å². The Balaban J connectivity index is 2.17. The molecule has 0 saturated heterocycles. The zero-order valence-electron chi connectivity index (χ0n) is 13.2. The maximum atomic E-state index is 6.60. The van der Waals surface area contributed by atoms with E-state index in [4.69, 9.17) is 23.2 Å². The van der Waals surface area contributed by atoms with Gasteiger partial charge >= 0.3 is 155 Å². The molecule has 3 aliphatic rings. The van der Waals surface area contributed by atoms with Crippen molar-refractivity contribution in [3.8, 4) is 0 Å². The normalized spacial score (nSPS) is 23.1. The van der Waals surface area contributed by atoms with Gasteiger partial charge in [0, 0.05) is 0 Å². The summed E-state index contributed by atoms with van der Waals surface area (Å²) in [4.78, 5) is 2.52. The third-order valence-corrected chi connectivity index (χ3v) is 8.08. The average molecular weight is 412 g/mol. The first-order valence-corrected chi connectivity index (χ1v) is 11.0. The number of halogens is 2. The van der Waals surface area contributed by atoms with E-state index in [1.165, 1.54) is 16.8 Å². The summed E-state index contributed by atoms with van der Waals surface area (Å²) in [6.45, 7) is 7.84. The second kappa shape index (κ2) is 6.75. The Hall–Kier alpha value is -0.167. The number of hydrogen-bond acceptors (Lipinski definition) is 1. The second-order valence-corrected chi connectivity index (χ2v) is 11.1. The molecule has 1 aliphatic heterocycles. The number of allylic oxidation sites excluding steroid dienone is 7. The van der Waals surface area contributed by atoms with Gasteiger partial charge < -0.3 is 0 Å². The number of fused-ring (bicyclic) bond motifs is 1. The zero-order valence-corrected chi connectivity index (χ0v) is 17.2. The van der Waals surface area contributed by atoms with E-state index in [2.05, 4.69) is 50.0 Å². The summed E-state index contributed by atoms with van der Waals surface area (Å²) in [5, 5.41) is 1.53. The number of hydrogen-bond donors (Lipinski definition) is 0. The number of nitrogens with zero attached hydrogens (tertiary/aromatic N) is 1. The molecule has 0 aromatic carbocycles. The summed E-state index contributed by atoms with van der Waals surface area (Å²) in [5.74, 6) is 0.183. The SMILES string of the molecule is CCCN1C2=CC(Cl)=C(Cl)C2C(C2=CC=CC2)=[C]1[Zr]=[C](C)C. The van der Waals surface area contributed by atoms with Crippen molar-refractivity contribution in [3.63, 3.8) is 0 Å². The third kappa shape index (κ3) is 2.83. The van der Waals surface area contributed by atoms with Crippen LogP contribution in [-0.4, -0.2) is 14.7 Å². The Bertz CT molecular complexity index is 688. The molecular formula is C18H20Cl2NZr. The van der Waals surface area contributed by atoms with Crippen molar-refractivity contribution in [2.24, 2.45) is 5.92 Å². The van der Waals surface area contributed by atoms with E-state index >= 15 is 0 Å². The third-order valence-electron chi connectivity index (χ3n) is 4.11. The molecular weight excluding hydrogens is 392 g/mol. The minimum atomic E-state index is -0.734. The molecule has 1 heterocycles. The molecule has 0 fully saturated rings. The fraction of sp³-hybridized carbons (Fsp3) is 0.389. The predicted molar refractivity (Wildman–Crippen MR) is 92.5 cm³/mol. The molecule has 0 amide bonds. The molecule has 0 N–H and O–H groups in total. The molecule has 1 atom stereocenters. The summed E-state index contributed by atoms with van der Waals surface area (Å²) < 4.78 is 3.18. The molecule has 1 nitrogen and oxygen atoms in total. The van der Waals surface area contributed by atoms with Crippen molar-refractivity contribution in [2.75, 3.05) is 6.54 Å². The summed E-state index contributed by atoms with van der Waals surface area (Å²) in [7, 11) is 0. The van der Waals surface area contributed by atoms with E-state index in [-0.39, 0.29) is 5.92 Å². The van der Waals surface area contributed by atoms with Crippen LogP contribution < -0.4 is 0 Å². The molecule has 0 saturated carbocycles. The quantitative estimate of drug-likeness (QED) is 0.605. The molecule has 0 bridgehead atoms. The van der Waals surface area contributed by atoms with Crippen molar-refractivity contribution < 1.29 is 22.8 Å². The van der Waals surface area contributed by atoms with Crippen molar-refractivity contribution in [1.29, 1.82) is 0 Å². The van der Waals surface area contributed by atoms with Gasteiger partial charge in [-0.05, 0) is 0 Å². The van der Waals surface area contributed by atoms with Gasteiger partial charge in [-0.1, -0.05) is 0 Å². The molecule has 1 unspecified atom stereocenters. The summed E-state index contributed by atoms with van der Waals surface area (Å²) in [6, 6.07) is 0.